The smallest absolute Gasteiger partial charge is 0.433 e. The molecule has 2 aromatic rings. The van der Waals surface area contributed by atoms with Crippen molar-refractivity contribution in [1.29, 1.82) is 0 Å². The maximum atomic E-state index is 12.4. The van der Waals surface area contributed by atoms with Crippen LogP contribution in [0.25, 0.3) is 0 Å². The number of hydrogen-bond donors (Lipinski definition) is 0. The van der Waals surface area contributed by atoms with Crippen LogP contribution in [0.15, 0.2) is 40.8 Å². The Bertz CT molecular complexity index is 676. The SMILES string of the molecule is O=C(c1ccc([N+](=O)[O-])o1)C1CCOc2ccccc21. The first-order valence-electron chi connectivity index (χ1n) is 6.17. The molecule has 102 valence electrons. The molecule has 6 nitrogen and oxygen atoms in total. The second kappa shape index (κ2) is 4.80. The predicted molar refractivity (Wildman–Crippen MR) is 69.0 cm³/mol. The van der Waals surface area contributed by atoms with Crippen LogP contribution in [0.4, 0.5) is 5.88 Å². The van der Waals surface area contributed by atoms with Crippen molar-refractivity contribution in [2.24, 2.45) is 0 Å². The van der Waals surface area contributed by atoms with E-state index < -0.39 is 10.8 Å². The van der Waals surface area contributed by atoms with Crippen molar-refractivity contribution in [3.63, 3.8) is 0 Å². The number of para-hydroxylation sites is 1. The molecule has 20 heavy (non-hydrogen) atoms. The van der Waals surface area contributed by atoms with E-state index in [1.165, 1.54) is 12.1 Å². The molecule has 0 aliphatic carbocycles. The largest absolute Gasteiger partial charge is 0.493 e. The summed E-state index contributed by atoms with van der Waals surface area (Å²) in [5.74, 6) is -0.371. The highest BCUT2D eigenvalue weighted by Gasteiger charge is 2.31. The number of carbonyl (C=O) groups excluding carboxylic acids is 1. The van der Waals surface area contributed by atoms with E-state index in [0.29, 0.717) is 18.8 Å². The highest BCUT2D eigenvalue weighted by atomic mass is 16.6. The molecule has 1 aliphatic rings. The zero-order valence-electron chi connectivity index (χ0n) is 10.4. The summed E-state index contributed by atoms with van der Waals surface area (Å²) in [5.41, 5.74) is 0.794. The number of fused-ring (bicyclic) bond motifs is 1. The van der Waals surface area contributed by atoms with Crippen molar-refractivity contribution in [3.05, 3.63) is 57.8 Å². The van der Waals surface area contributed by atoms with Gasteiger partial charge in [-0.25, -0.2) is 0 Å². The van der Waals surface area contributed by atoms with Gasteiger partial charge in [-0.05, 0) is 18.6 Å². The Morgan fingerprint density at radius 2 is 2.05 bits per heavy atom. The van der Waals surface area contributed by atoms with Crippen molar-refractivity contribution >= 4 is 11.7 Å². The number of benzene rings is 1. The fourth-order valence-corrected chi connectivity index (χ4v) is 2.34. The van der Waals surface area contributed by atoms with Gasteiger partial charge in [0.1, 0.15) is 10.7 Å². The van der Waals surface area contributed by atoms with Gasteiger partial charge in [0.15, 0.2) is 5.76 Å². The van der Waals surface area contributed by atoms with Crippen LogP contribution < -0.4 is 4.74 Å². The van der Waals surface area contributed by atoms with Crippen LogP contribution in [0.2, 0.25) is 0 Å². The van der Waals surface area contributed by atoms with Crippen LogP contribution in [0.5, 0.6) is 5.75 Å². The number of ether oxygens (including phenoxy) is 1. The number of nitrogens with zero attached hydrogens (tertiary/aromatic N) is 1. The number of furan rings is 1. The van der Waals surface area contributed by atoms with Gasteiger partial charge in [0.25, 0.3) is 0 Å². The van der Waals surface area contributed by atoms with E-state index in [2.05, 4.69) is 0 Å². The highest BCUT2D eigenvalue weighted by Crippen LogP contribution is 2.36. The summed E-state index contributed by atoms with van der Waals surface area (Å²) in [6.45, 7) is 0.441. The molecule has 3 rings (SSSR count). The molecule has 1 aromatic heterocycles. The van der Waals surface area contributed by atoms with Gasteiger partial charge in [-0.3, -0.25) is 14.9 Å². The molecule has 1 aliphatic heterocycles. The molecule has 0 N–H and O–H groups in total. The van der Waals surface area contributed by atoms with E-state index in [1.807, 2.05) is 18.2 Å². The van der Waals surface area contributed by atoms with Crippen molar-refractivity contribution in [2.75, 3.05) is 6.61 Å². The summed E-state index contributed by atoms with van der Waals surface area (Å²) in [6, 6.07) is 9.84. The third-order valence-electron chi connectivity index (χ3n) is 3.29. The summed E-state index contributed by atoms with van der Waals surface area (Å²) in [4.78, 5) is 22.4. The number of ketones is 1. The zero-order chi connectivity index (χ0) is 14.1. The Kier molecular flexibility index (Phi) is 2.98. The van der Waals surface area contributed by atoms with Crippen LogP contribution in [-0.4, -0.2) is 17.3 Å². The van der Waals surface area contributed by atoms with E-state index in [-0.39, 0.29) is 17.5 Å². The Labute approximate surface area is 114 Å². The van der Waals surface area contributed by atoms with Gasteiger partial charge >= 0.3 is 5.88 Å². The normalized spacial score (nSPS) is 17.1. The maximum Gasteiger partial charge on any atom is 0.433 e. The first-order chi connectivity index (χ1) is 9.66. The molecule has 0 bridgehead atoms. The van der Waals surface area contributed by atoms with E-state index in [4.69, 9.17) is 9.15 Å². The Hall–Kier alpha value is -2.63. The minimum absolute atomic E-state index is 0.0124. The van der Waals surface area contributed by atoms with E-state index >= 15 is 0 Å². The summed E-state index contributed by atoms with van der Waals surface area (Å²) in [6.07, 6.45) is 0.532. The van der Waals surface area contributed by atoms with Gasteiger partial charge in [0.2, 0.25) is 5.78 Å². The predicted octanol–water partition coefficient (Wildman–Crippen LogP) is 2.94. The van der Waals surface area contributed by atoms with E-state index in [9.17, 15) is 14.9 Å². The molecular weight excluding hydrogens is 262 g/mol. The van der Waals surface area contributed by atoms with Crippen LogP contribution in [0.3, 0.4) is 0 Å². The fraction of sp³-hybridized carbons (Fsp3) is 0.214. The quantitative estimate of drug-likeness (QED) is 0.487. The molecule has 2 heterocycles. The standard InChI is InChI=1S/C14H11NO5/c16-14(12-5-6-13(20-12)15(17)18)10-7-8-19-11-4-2-1-3-9(10)11/h1-6,10H,7-8H2. The van der Waals surface area contributed by atoms with Gasteiger partial charge in [-0.15, -0.1) is 0 Å². The lowest BCUT2D eigenvalue weighted by Gasteiger charge is -2.23. The first-order valence-corrected chi connectivity index (χ1v) is 6.17. The fourth-order valence-electron chi connectivity index (χ4n) is 2.34. The summed E-state index contributed by atoms with van der Waals surface area (Å²) in [5, 5.41) is 10.6. The third kappa shape index (κ3) is 2.05. The zero-order valence-corrected chi connectivity index (χ0v) is 10.4. The molecule has 0 spiro atoms. The minimum Gasteiger partial charge on any atom is -0.493 e. The lowest BCUT2D eigenvalue weighted by molar-refractivity contribution is -0.402. The van der Waals surface area contributed by atoms with Crippen LogP contribution in [0.1, 0.15) is 28.5 Å². The molecule has 0 radical (unpaired) electrons. The summed E-state index contributed by atoms with van der Waals surface area (Å²) < 4.78 is 10.5. The number of Topliss-reactive ketones (excluding diaryl/α,β-unsaturated/α-hetero) is 1. The van der Waals surface area contributed by atoms with E-state index in [1.54, 1.807) is 6.07 Å². The molecular formula is C14H11NO5. The van der Waals surface area contributed by atoms with E-state index in [0.717, 1.165) is 5.56 Å². The Morgan fingerprint density at radius 1 is 1.25 bits per heavy atom. The number of carbonyl (C=O) groups is 1. The first kappa shape index (κ1) is 12.4. The summed E-state index contributed by atoms with van der Waals surface area (Å²) >= 11 is 0. The third-order valence-corrected chi connectivity index (χ3v) is 3.29. The lowest BCUT2D eigenvalue weighted by atomic mass is 9.88. The van der Waals surface area contributed by atoms with Gasteiger partial charge in [0, 0.05) is 5.56 Å². The highest BCUT2D eigenvalue weighted by molar-refractivity contribution is 5.99. The van der Waals surface area contributed by atoms with Crippen molar-refractivity contribution < 1.29 is 18.9 Å². The monoisotopic (exact) mass is 273 g/mol. The number of nitro groups is 1. The average Bonchev–Trinajstić information content (AvgIpc) is 2.96. The Morgan fingerprint density at radius 3 is 2.80 bits per heavy atom. The van der Waals surface area contributed by atoms with Gasteiger partial charge in [0.05, 0.1) is 18.6 Å². The Balaban J connectivity index is 1.93. The molecule has 1 atom stereocenters. The van der Waals surface area contributed by atoms with Crippen LogP contribution in [0, 0.1) is 10.1 Å². The topological polar surface area (TPSA) is 82.6 Å². The van der Waals surface area contributed by atoms with Gasteiger partial charge in [-0.1, -0.05) is 18.2 Å². The lowest BCUT2D eigenvalue weighted by Crippen LogP contribution is -2.21. The second-order valence-corrected chi connectivity index (χ2v) is 4.49. The van der Waals surface area contributed by atoms with Crippen molar-refractivity contribution in [1.82, 2.24) is 0 Å². The molecule has 0 amide bonds. The number of rotatable bonds is 3. The van der Waals surface area contributed by atoms with Crippen LogP contribution in [-0.2, 0) is 0 Å². The molecule has 0 fully saturated rings. The maximum absolute atomic E-state index is 12.4. The average molecular weight is 273 g/mol. The van der Waals surface area contributed by atoms with Crippen LogP contribution >= 0.6 is 0 Å². The summed E-state index contributed by atoms with van der Waals surface area (Å²) in [7, 11) is 0. The molecule has 0 saturated heterocycles. The number of hydrogen-bond acceptors (Lipinski definition) is 5. The van der Waals surface area contributed by atoms with Crippen molar-refractivity contribution in [2.45, 2.75) is 12.3 Å². The van der Waals surface area contributed by atoms with Gasteiger partial charge in [-0.2, -0.15) is 0 Å². The van der Waals surface area contributed by atoms with Gasteiger partial charge < -0.3 is 9.15 Å². The molecule has 1 unspecified atom stereocenters. The molecule has 6 heteroatoms. The van der Waals surface area contributed by atoms with Crippen molar-refractivity contribution in [3.8, 4) is 5.75 Å². The molecule has 1 aromatic carbocycles. The minimum atomic E-state index is -0.658. The molecule has 0 saturated carbocycles. The second-order valence-electron chi connectivity index (χ2n) is 4.49.